The van der Waals surface area contributed by atoms with E-state index in [9.17, 15) is 19.5 Å². The van der Waals surface area contributed by atoms with Crippen molar-refractivity contribution in [3.63, 3.8) is 0 Å². The van der Waals surface area contributed by atoms with Crippen LogP contribution < -0.4 is 10.3 Å². The predicted molar refractivity (Wildman–Crippen MR) is 185 cm³/mol. The Bertz CT molecular complexity index is 2010. The van der Waals surface area contributed by atoms with Crippen molar-refractivity contribution in [3.8, 4) is 5.75 Å². The van der Waals surface area contributed by atoms with E-state index in [2.05, 4.69) is 12.3 Å². The van der Waals surface area contributed by atoms with Crippen molar-refractivity contribution in [2.24, 2.45) is 23.7 Å². The molecule has 2 aliphatic heterocycles. The van der Waals surface area contributed by atoms with Gasteiger partial charge in [0.2, 0.25) is 11.8 Å². The molecule has 246 valence electrons. The van der Waals surface area contributed by atoms with Crippen molar-refractivity contribution >= 4 is 35.0 Å². The number of anilines is 2. The number of aromatic hydroxyl groups is 1. The van der Waals surface area contributed by atoms with Crippen LogP contribution in [0.25, 0.3) is 0 Å². The summed E-state index contributed by atoms with van der Waals surface area (Å²) in [6.07, 6.45) is 3.47. The normalized spacial score (nSPS) is 27.5. The molecule has 2 saturated heterocycles. The van der Waals surface area contributed by atoms with E-state index in [1.807, 2.05) is 91.9 Å². The molecule has 4 aromatic carbocycles. The van der Waals surface area contributed by atoms with Crippen LogP contribution in [0.2, 0.25) is 0 Å². The van der Waals surface area contributed by atoms with E-state index < -0.39 is 35.0 Å². The van der Waals surface area contributed by atoms with Gasteiger partial charge in [0, 0.05) is 5.92 Å². The Labute approximate surface area is 285 Å². The zero-order chi connectivity index (χ0) is 34.0. The summed E-state index contributed by atoms with van der Waals surface area (Å²) in [6, 6.07) is 31.3. The van der Waals surface area contributed by atoms with E-state index >= 15 is 4.79 Å². The molecule has 8 heteroatoms. The molecule has 0 bridgehead atoms. The summed E-state index contributed by atoms with van der Waals surface area (Å²) in [4.78, 5) is 59.6. The van der Waals surface area contributed by atoms with Gasteiger partial charge in [-0.2, -0.15) is 5.01 Å². The summed E-state index contributed by atoms with van der Waals surface area (Å²) in [6.45, 7) is 4.02. The molecule has 0 radical (unpaired) electrons. The Balaban J connectivity index is 1.29. The van der Waals surface area contributed by atoms with E-state index in [0.29, 0.717) is 23.4 Å². The number of phenolic OH excluding ortho intramolecular Hbond substituents is 1. The van der Waals surface area contributed by atoms with Gasteiger partial charge >= 0.3 is 0 Å². The Morgan fingerprint density at radius 1 is 0.796 bits per heavy atom. The van der Waals surface area contributed by atoms with E-state index in [1.54, 1.807) is 24.3 Å². The van der Waals surface area contributed by atoms with Gasteiger partial charge in [0.05, 0.1) is 34.5 Å². The van der Waals surface area contributed by atoms with Crippen molar-refractivity contribution < 1.29 is 24.3 Å². The SMILES string of the molecule is CCc1ccc(N2C(=O)C3CC=C4C(CC5C(=O)N(Nc6ccc(C)cc6)C(=O)C5(c5ccccc5)C4c4ccc(O)cc4)C3C2=O)cc1. The Morgan fingerprint density at radius 2 is 1.49 bits per heavy atom. The monoisotopic (exact) mass is 651 g/mol. The van der Waals surface area contributed by atoms with Gasteiger partial charge in [-0.05, 0) is 85.2 Å². The maximum atomic E-state index is 15.1. The lowest BCUT2D eigenvalue weighted by Gasteiger charge is -2.50. The minimum absolute atomic E-state index is 0.0805. The first-order valence-electron chi connectivity index (χ1n) is 17.0. The molecule has 2 N–H and O–H groups in total. The number of carbonyl (C=O) groups is 4. The molecule has 6 atom stereocenters. The lowest BCUT2D eigenvalue weighted by Crippen LogP contribution is -2.53. The summed E-state index contributed by atoms with van der Waals surface area (Å²) in [7, 11) is 0. The highest BCUT2D eigenvalue weighted by Gasteiger charge is 2.70. The number of nitrogens with one attached hydrogen (secondary N) is 1. The Hall–Kier alpha value is -5.50. The lowest BCUT2D eigenvalue weighted by molar-refractivity contribution is -0.138. The number of fused-ring (bicyclic) bond motifs is 4. The van der Waals surface area contributed by atoms with E-state index in [0.717, 1.165) is 33.7 Å². The highest BCUT2D eigenvalue weighted by atomic mass is 16.3. The van der Waals surface area contributed by atoms with Gasteiger partial charge in [-0.1, -0.05) is 90.9 Å². The number of rotatable bonds is 6. The molecular weight excluding hydrogens is 614 g/mol. The number of hydrogen-bond acceptors (Lipinski definition) is 6. The van der Waals surface area contributed by atoms with Crippen LogP contribution in [0.3, 0.4) is 0 Å². The molecule has 1 saturated carbocycles. The third-order valence-electron chi connectivity index (χ3n) is 11.2. The molecular formula is C41H37N3O5. The highest BCUT2D eigenvalue weighted by Crippen LogP contribution is 2.64. The van der Waals surface area contributed by atoms with Crippen LogP contribution in [-0.4, -0.2) is 33.7 Å². The Morgan fingerprint density at radius 3 is 2.16 bits per heavy atom. The maximum Gasteiger partial charge on any atom is 0.260 e. The van der Waals surface area contributed by atoms with Crippen LogP contribution in [-0.2, 0) is 31.0 Å². The molecule has 49 heavy (non-hydrogen) atoms. The first-order chi connectivity index (χ1) is 23.7. The molecule has 4 amide bonds. The van der Waals surface area contributed by atoms with Gasteiger partial charge in [-0.25, -0.2) is 0 Å². The molecule has 6 unspecified atom stereocenters. The molecule has 0 aromatic heterocycles. The number of allylic oxidation sites excluding steroid dienone is 2. The van der Waals surface area contributed by atoms with Gasteiger partial charge in [-0.15, -0.1) is 0 Å². The van der Waals surface area contributed by atoms with Crippen molar-refractivity contribution in [2.45, 2.75) is 44.4 Å². The van der Waals surface area contributed by atoms with Crippen LogP contribution in [0, 0.1) is 30.6 Å². The fourth-order valence-corrected chi connectivity index (χ4v) is 8.92. The van der Waals surface area contributed by atoms with Crippen LogP contribution in [0.15, 0.2) is 115 Å². The predicted octanol–water partition coefficient (Wildman–Crippen LogP) is 6.45. The van der Waals surface area contributed by atoms with Crippen LogP contribution in [0.1, 0.15) is 47.9 Å². The fourth-order valence-electron chi connectivity index (χ4n) is 8.92. The standard InChI is InChI=1S/C41H37N3O5/c1-3-25-11-17-29(18-12-25)43-37(46)32-22-21-31-33(35(32)39(43)48)23-34-38(47)44(42-28-15-9-24(2)10-16-28)40(49)41(34,27-7-5-4-6-8-27)36(31)26-13-19-30(45)20-14-26/h4-21,32-36,42,45H,3,22-23H2,1-2H3. The van der Waals surface area contributed by atoms with Crippen molar-refractivity contribution in [1.82, 2.24) is 5.01 Å². The largest absolute Gasteiger partial charge is 0.508 e. The minimum atomic E-state index is -1.34. The van der Waals surface area contributed by atoms with Gasteiger partial charge < -0.3 is 5.11 Å². The molecule has 4 aliphatic rings. The topological polar surface area (TPSA) is 107 Å². The molecule has 0 spiro atoms. The molecule has 8 nitrogen and oxygen atoms in total. The fraction of sp³-hybridized carbons (Fsp3) is 0.268. The number of imide groups is 2. The first kappa shape index (κ1) is 30.8. The van der Waals surface area contributed by atoms with E-state index in [1.165, 1.54) is 4.90 Å². The third-order valence-corrected chi connectivity index (χ3v) is 11.2. The second kappa shape index (κ2) is 11.6. The number of aryl methyl sites for hydroxylation is 2. The molecule has 3 fully saturated rings. The number of phenols is 1. The molecule has 2 aliphatic carbocycles. The molecule has 4 aromatic rings. The van der Waals surface area contributed by atoms with Crippen molar-refractivity contribution in [3.05, 3.63) is 137 Å². The molecule has 2 heterocycles. The lowest BCUT2D eigenvalue weighted by atomic mass is 9.49. The number of benzene rings is 4. The zero-order valence-corrected chi connectivity index (χ0v) is 27.4. The van der Waals surface area contributed by atoms with Crippen molar-refractivity contribution in [2.75, 3.05) is 10.3 Å². The van der Waals surface area contributed by atoms with Gasteiger partial charge in [0.15, 0.2) is 0 Å². The van der Waals surface area contributed by atoms with Gasteiger partial charge in [0.25, 0.3) is 11.8 Å². The van der Waals surface area contributed by atoms with Crippen molar-refractivity contribution in [1.29, 1.82) is 0 Å². The second-order valence-electron chi connectivity index (χ2n) is 13.7. The first-order valence-corrected chi connectivity index (χ1v) is 17.0. The number of hydrazine groups is 1. The van der Waals surface area contributed by atoms with E-state index in [-0.39, 0.29) is 35.8 Å². The highest BCUT2D eigenvalue weighted by molar-refractivity contribution is 6.22. The zero-order valence-electron chi connectivity index (χ0n) is 27.4. The summed E-state index contributed by atoms with van der Waals surface area (Å²) in [5.41, 5.74) is 7.43. The molecule has 8 rings (SSSR count). The number of hydrogen-bond donors (Lipinski definition) is 2. The van der Waals surface area contributed by atoms with Crippen LogP contribution >= 0.6 is 0 Å². The summed E-state index contributed by atoms with van der Waals surface area (Å²) in [5, 5.41) is 11.5. The summed E-state index contributed by atoms with van der Waals surface area (Å²) in [5.74, 6) is -4.32. The average Bonchev–Trinajstić information content (AvgIpc) is 3.51. The quantitative estimate of drug-likeness (QED) is 0.183. The second-order valence-corrected chi connectivity index (χ2v) is 13.7. The number of amides is 4. The minimum Gasteiger partial charge on any atom is -0.508 e. The summed E-state index contributed by atoms with van der Waals surface area (Å²) >= 11 is 0. The van der Waals surface area contributed by atoms with Gasteiger partial charge in [0.1, 0.15) is 5.75 Å². The third kappa shape index (κ3) is 4.57. The Kier molecular flexibility index (Phi) is 7.28. The van der Waals surface area contributed by atoms with Gasteiger partial charge in [-0.3, -0.25) is 29.5 Å². The maximum absolute atomic E-state index is 15.1. The summed E-state index contributed by atoms with van der Waals surface area (Å²) < 4.78 is 0. The number of carbonyl (C=O) groups excluding carboxylic acids is 4. The van der Waals surface area contributed by atoms with Crippen LogP contribution in [0.4, 0.5) is 11.4 Å². The number of nitrogens with zero attached hydrogens (tertiary/aromatic N) is 2. The average molecular weight is 652 g/mol. The van der Waals surface area contributed by atoms with E-state index in [4.69, 9.17) is 0 Å². The smallest absolute Gasteiger partial charge is 0.260 e. The van der Waals surface area contributed by atoms with Crippen LogP contribution in [0.5, 0.6) is 5.75 Å².